The number of hydrogen-bond donors (Lipinski definition) is 0. The van der Waals surface area contributed by atoms with E-state index in [4.69, 9.17) is 4.74 Å². The van der Waals surface area contributed by atoms with Crippen LogP contribution in [0.3, 0.4) is 0 Å². The van der Waals surface area contributed by atoms with Crippen LogP contribution in [0.15, 0.2) is 16.6 Å². The summed E-state index contributed by atoms with van der Waals surface area (Å²) in [6, 6.07) is 3.36. The average Bonchev–Trinajstić information content (AvgIpc) is 2.86. The molecular weight excluding hydrogens is 363 g/mol. The lowest BCUT2D eigenvalue weighted by atomic mass is 10.2. The predicted octanol–water partition coefficient (Wildman–Crippen LogP) is 4.79. The van der Waals surface area contributed by atoms with Gasteiger partial charge in [-0.25, -0.2) is 9.37 Å². The Kier molecular flexibility index (Phi) is 6.30. The molecule has 0 fully saturated rings. The van der Waals surface area contributed by atoms with E-state index in [-0.39, 0.29) is 18.5 Å². The number of aromatic nitrogens is 2. The monoisotopic (exact) mass is 384 g/mol. The van der Waals surface area contributed by atoms with Gasteiger partial charge in [-0.2, -0.15) is 0 Å². The number of benzene rings is 1. The molecule has 1 unspecified atom stereocenters. The van der Waals surface area contributed by atoms with Crippen LogP contribution in [0.4, 0.5) is 4.39 Å². The van der Waals surface area contributed by atoms with Crippen LogP contribution in [0.25, 0.3) is 11.0 Å². The minimum absolute atomic E-state index is 0.109. The molecular formula is C17H22BrFN2O2. The quantitative estimate of drug-likeness (QED) is 0.614. The van der Waals surface area contributed by atoms with Crippen LogP contribution < -0.4 is 0 Å². The number of hydrogen-bond acceptors (Lipinski definition) is 3. The maximum absolute atomic E-state index is 14.1. The first-order valence-electron chi connectivity index (χ1n) is 7.90. The number of carbonyl (C=O) groups excluding carboxylic acids is 1. The summed E-state index contributed by atoms with van der Waals surface area (Å²) in [5.74, 6) is 0.267. The van der Waals surface area contributed by atoms with Crippen molar-refractivity contribution in [3.8, 4) is 0 Å². The van der Waals surface area contributed by atoms with E-state index < -0.39 is 6.10 Å². The van der Waals surface area contributed by atoms with Gasteiger partial charge in [-0.1, -0.05) is 35.7 Å². The molecule has 0 N–H and O–H groups in total. The molecule has 4 nitrogen and oxygen atoms in total. The molecule has 0 aliphatic heterocycles. The molecule has 0 aliphatic carbocycles. The van der Waals surface area contributed by atoms with Crippen molar-refractivity contribution in [2.75, 3.05) is 0 Å². The van der Waals surface area contributed by atoms with Gasteiger partial charge in [-0.05, 0) is 32.4 Å². The van der Waals surface area contributed by atoms with Crippen molar-refractivity contribution >= 4 is 33.2 Å². The van der Waals surface area contributed by atoms with E-state index >= 15 is 0 Å². The number of unbranched alkanes of at least 4 members (excludes halogenated alkanes) is 1. The summed E-state index contributed by atoms with van der Waals surface area (Å²) in [6.07, 6.45) is 3.03. The van der Waals surface area contributed by atoms with Crippen LogP contribution in [0.1, 0.15) is 51.9 Å². The van der Waals surface area contributed by atoms with Crippen molar-refractivity contribution in [2.24, 2.45) is 0 Å². The molecule has 0 saturated heterocycles. The molecule has 2 rings (SSSR count). The normalized spacial score (nSPS) is 13.0. The number of carbonyl (C=O) groups is 1. The lowest BCUT2D eigenvalue weighted by molar-refractivity contribution is -0.119. The van der Waals surface area contributed by atoms with Gasteiger partial charge in [0.05, 0.1) is 5.52 Å². The number of imidazole rings is 1. The second kappa shape index (κ2) is 8.02. The highest BCUT2D eigenvalue weighted by Crippen LogP contribution is 2.27. The predicted molar refractivity (Wildman–Crippen MR) is 91.9 cm³/mol. The third-order valence-corrected chi connectivity index (χ3v) is 4.18. The minimum atomic E-state index is -0.438. The SMILES string of the molecule is CCCCC(C=O)OCc1nc2c(F)cc(Br)cc2n1C(C)C. The Bertz CT molecular complexity index is 685. The number of ether oxygens (including phenoxy) is 1. The maximum atomic E-state index is 14.1. The Hall–Kier alpha value is -1.27. The van der Waals surface area contributed by atoms with Gasteiger partial charge in [0, 0.05) is 10.5 Å². The zero-order valence-electron chi connectivity index (χ0n) is 13.7. The average molecular weight is 385 g/mol. The second-order valence-electron chi connectivity index (χ2n) is 5.87. The molecule has 0 radical (unpaired) electrons. The first kappa shape index (κ1) is 18.1. The zero-order valence-corrected chi connectivity index (χ0v) is 15.3. The van der Waals surface area contributed by atoms with Crippen molar-refractivity contribution in [1.29, 1.82) is 0 Å². The van der Waals surface area contributed by atoms with E-state index in [2.05, 4.69) is 27.8 Å². The molecule has 0 bridgehead atoms. The molecule has 6 heteroatoms. The van der Waals surface area contributed by atoms with Gasteiger partial charge in [0.2, 0.25) is 0 Å². The number of halogens is 2. The van der Waals surface area contributed by atoms with Gasteiger partial charge in [0.15, 0.2) is 5.82 Å². The molecule has 0 amide bonds. The Morgan fingerprint density at radius 1 is 1.43 bits per heavy atom. The molecule has 1 heterocycles. The van der Waals surface area contributed by atoms with Crippen LogP contribution >= 0.6 is 15.9 Å². The third-order valence-electron chi connectivity index (χ3n) is 3.72. The van der Waals surface area contributed by atoms with Gasteiger partial charge >= 0.3 is 0 Å². The van der Waals surface area contributed by atoms with Crippen molar-refractivity contribution < 1.29 is 13.9 Å². The van der Waals surface area contributed by atoms with Crippen LogP contribution in [0.2, 0.25) is 0 Å². The topological polar surface area (TPSA) is 44.1 Å². The third kappa shape index (κ3) is 4.18. The Balaban J connectivity index is 2.31. The minimum Gasteiger partial charge on any atom is -0.363 e. The number of aldehydes is 1. The maximum Gasteiger partial charge on any atom is 0.152 e. The van der Waals surface area contributed by atoms with Gasteiger partial charge in [-0.15, -0.1) is 0 Å². The van der Waals surface area contributed by atoms with Crippen molar-refractivity contribution in [3.05, 3.63) is 28.2 Å². The fraction of sp³-hybridized carbons (Fsp3) is 0.529. The van der Waals surface area contributed by atoms with E-state index in [9.17, 15) is 9.18 Å². The molecule has 1 aromatic heterocycles. The number of rotatable bonds is 8. The number of nitrogens with zero attached hydrogens (tertiary/aromatic N) is 2. The molecule has 1 aromatic carbocycles. The lowest BCUT2D eigenvalue weighted by Gasteiger charge is -2.15. The standard InChI is InChI=1S/C17H22BrFN2O2/c1-4-5-6-13(9-22)23-10-16-20-17-14(19)7-12(18)8-15(17)21(16)11(2)3/h7-9,11,13H,4-6,10H2,1-3H3. The number of fused-ring (bicyclic) bond motifs is 1. The summed E-state index contributed by atoms with van der Waals surface area (Å²) in [6.45, 7) is 6.28. The fourth-order valence-electron chi connectivity index (χ4n) is 2.62. The summed E-state index contributed by atoms with van der Waals surface area (Å²) in [5, 5.41) is 0. The van der Waals surface area contributed by atoms with Crippen molar-refractivity contribution in [1.82, 2.24) is 9.55 Å². The van der Waals surface area contributed by atoms with E-state index in [1.807, 2.05) is 24.5 Å². The first-order valence-corrected chi connectivity index (χ1v) is 8.70. The van der Waals surface area contributed by atoms with E-state index in [0.29, 0.717) is 22.2 Å². The second-order valence-corrected chi connectivity index (χ2v) is 6.79. The highest BCUT2D eigenvalue weighted by atomic mass is 79.9. The highest BCUT2D eigenvalue weighted by molar-refractivity contribution is 9.10. The van der Waals surface area contributed by atoms with Gasteiger partial charge < -0.3 is 14.1 Å². The lowest BCUT2D eigenvalue weighted by Crippen LogP contribution is -2.16. The Morgan fingerprint density at radius 2 is 2.17 bits per heavy atom. The van der Waals surface area contributed by atoms with Crippen LogP contribution in [0.5, 0.6) is 0 Å². The van der Waals surface area contributed by atoms with Crippen LogP contribution in [0, 0.1) is 5.82 Å². The zero-order chi connectivity index (χ0) is 17.0. The van der Waals surface area contributed by atoms with Crippen molar-refractivity contribution in [3.63, 3.8) is 0 Å². The van der Waals surface area contributed by atoms with Gasteiger partial charge in [-0.3, -0.25) is 0 Å². The molecule has 2 aromatic rings. The Labute approximate surface area is 144 Å². The smallest absolute Gasteiger partial charge is 0.152 e. The summed E-state index contributed by atoms with van der Waals surface area (Å²) in [5.41, 5.74) is 1.05. The molecule has 126 valence electrons. The summed E-state index contributed by atoms with van der Waals surface area (Å²) in [4.78, 5) is 15.5. The van der Waals surface area contributed by atoms with Gasteiger partial charge in [0.1, 0.15) is 30.3 Å². The summed E-state index contributed by atoms with van der Waals surface area (Å²) >= 11 is 3.32. The van der Waals surface area contributed by atoms with Gasteiger partial charge in [0.25, 0.3) is 0 Å². The first-order chi connectivity index (χ1) is 11.0. The van der Waals surface area contributed by atoms with Crippen molar-refractivity contribution in [2.45, 2.75) is 58.8 Å². The fourth-order valence-corrected chi connectivity index (χ4v) is 3.04. The summed E-state index contributed by atoms with van der Waals surface area (Å²) < 4.78 is 22.4. The molecule has 0 spiro atoms. The van der Waals surface area contributed by atoms with E-state index in [1.165, 1.54) is 6.07 Å². The van der Waals surface area contributed by atoms with Crippen LogP contribution in [-0.2, 0) is 16.1 Å². The largest absolute Gasteiger partial charge is 0.363 e. The van der Waals surface area contributed by atoms with E-state index in [0.717, 1.165) is 24.6 Å². The molecule has 1 atom stereocenters. The molecule has 0 aliphatic rings. The van der Waals surface area contributed by atoms with Crippen LogP contribution in [-0.4, -0.2) is 21.9 Å². The highest BCUT2D eigenvalue weighted by Gasteiger charge is 2.18. The van der Waals surface area contributed by atoms with E-state index in [1.54, 1.807) is 0 Å². The Morgan fingerprint density at radius 3 is 2.78 bits per heavy atom. The summed E-state index contributed by atoms with van der Waals surface area (Å²) in [7, 11) is 0. The molecule has 23 heavy (non-hydrogen) atoms. The molecule has 0 saturated carbocycles.